The summed E-state index contributed by atoms with van der Waals surface area (Å²) < 4.78 is 17.3. The number of alkyl halides is 1. The van der Waals surface area contributed by atoms with Gasteiger partial charge in [0, 0.05) is 36.0 Å². The van der Waals surface area contributed by atoms with Crippen LogP contribution in [0.4, 0.5) is 10.2 Å². The highest BCUT2D eigenvalue weighted by atomic mass is 19.1. The third kappa shape index (κ3) is 3.78. The van der Waals surface area contributed by atoms with Gasteiger partial charge in [-0.1, -0.05) is 0 Å². The maximum atomic E-state index is 15.6. The van der Waals surface area contributed by atoms with E-state index in [1.54, 1.807) is 35.3 Å². The van der Waals surface area contributed by atoms with E-state index in [9.17, 15) is 5.11 Å². The molecule has 0 spiro atoms. The van der Waals surface area contributed by atoms with Crippen molar-refractivity contribution in [1.82, 2.24) is 24.8 Å². The van der Waals surface area contributed by atoms with Crippen molar-refractivity contribution in [2.75, 3.05) is 11.9 Å². The molecule has 0 unspecified atom stereocenters. The second-order valence-electron chi connectivity index (χ2n) is 9.98. The second kappa shape index (κ2) is 8.06. The summed E-state index contributed by atoms with van der Waals surface area (Å²) in [5.41, 5.74) is 1.40. The van der Waals surface area contributed by atoms with Crippen LogP contribution in [-0.2, 0) is 0 Å². The Morgan fingerprint density at radius 3 is 2.74 bits per heavy atom. The third-order valence-corrected chi connectivity index (χ3v) is 7.37. The summed E-state index contributed by atoms with van der Waals surface area (Å²) in [7, 11) is 1.88. The molecule has 2 aliphatic rings. The zero-order valence-corrected chi connectivity index (χ0v) is 19.5. The fourth-order valence-corrected chi connectivity index (χ4v) is 5.57. The van der Waals surface area contributed by atoms with Gasteiger partial charge >= 0.3 is 0 Å². The van der Waals surface area contributed by atoms with Gasteiger partial charge in [0.05, 0.1) is 29.8 Å². The highest BCUT2D eigenvalue weighted by molar-refractivity contribution is 5.68. The molecule has 4 heterocycles. The molecule has 2 bridgehead atoms. The van der Waals surface area contributed by atoms with Crippen LogP contribution >= 0.6 is 0 Å². The van der Waals surface area contributed by atoms with Crippen LogP contribution in [-0.4, -0.2) is 55.0 Å². The normalized spacial score (nSPS) is 28.3. The fraction of sp³-hybridized carbons (Fsp3) is 0.440. The number of fused-ring (bicyclic) bond motifs is 2. The lowest BCUT2D eigenvalue weighted by Crippen LogP contribution is -2.72. The van der Waals surface area contributed by atoms with Crippen molar-refractivity contribution in [3.05, 3.63) is 48.8 Å². The first-order valence-electron chi connectivity index (χ1n) is 11.5. The number of nitriles is 1. The minimum absolute atomic E-state index is 0.0379. The number of nitrogens with one attached hydrogen (secondary N) is 1. The molecular formula is C25H28FN7O. The number of hydrogen-bond acceptors (Lipinski definition) is 7. The summed E-state index contributed by atoms with van der Waals surface area (Å²) in [6.45, 7) is 4.17. The Labute approximate surface area is 198 Å². The molecule has 2 fully saturated rings. The van der Waals surface area contributed by atoms with Crippen LogP contribution in [0.25, 0.3) is 16.9 Å². The zero-order chi connectivity index (χ0) is 24.1. The van der Waals surface area contributed by atoms with E-state index in [-0.39, 0.29) is 17.3 Å². The summed E-state index contributed by atoms with van der Waals surface area (Å²) in [4.78, 5) is 14.9. The van der Waals surface area contributed by atoms with Crippen molar-refractivity contribution >= 4 is 5.82 Å². The molecule has 176 valence electrons. The van der Waals surface area contributed by atoms with E-state index in [1.165, 1.54) is 6.33 Å². The molecule has 2 saturated heterocycles. The highest BCUT2D eigenvalue weighted by Crippen LogP contribution is 2.43. The quantitative estimate of drug-likeness (QED) is 0.610. The largest absolute Gasteiger partial charge is 0.507 e. The van der Waals surface area contributed by atoms with E-state index >= 15 is 4.39 Å². The SMILES string of the molecule is CN(c1cnc(-c2ccc(-n3cnc(C#N)c3)cc2O)cn1)[C@@H]1C[C@@]2(C)CCC[C@](C)(N2)[C@@H]1F. The Balaban J connectivity index is 1.37. The topological polar surface area (TPSA) is 103 Å². The first-order valence-corrected chi connectivity index (χ1v) is 11.5. The van der Waals surface area contributed by atoms with Crippen molar-refractivity contribution in [3.8, 4) is 28.8 Å². The number of aromatic hydroxyl groups is 1. The number of anilines is 1. The van der Waals surface area contributed by atoms with Crippen molar-refractivity contribution in [2.45, 2.75) is 62.8 Å². The molecule has 9 heteroatoms. The van der Waals surface area contributed by atoms with Crippen LogP contribution in [0.2, 0.25) is 0 Å². The Morgan fingerprint density at radius 1 is 1.24 bits per heavy atom. The van der Waals surface area contributed by atoms with Crippen LogP contribution < -0.4 is 10.2 Å². The molecule has 2 aliphatic heterocycles. The predicted molar refractivity (Wildman–Crippen MR) is 126 cm³/mol. The van der Waals surface area contributed by atoms with Gasteiger partial charge in [0.1, 0.15) is 30.1 Å². The van der Waals surface area contributed by atoms with Gasteiger partial charge < -0.3 is 19.9 Å². The van der Waals surface area contributed by atoms with E-state index in [0.29, 0.717) is 34.9 Å². The van der Waals surface area contributed by atoms with E-state index in [0.717, 1.165) is 19.3 Å². The molecule has 3 aromatic rings. The molecule has 5 rings (SSSR count). The van der Waals surface area contributed by atoms with Crippen molar-refractivity contribution in [3.63, 3.8) is 0 Å². The molecule has 0 radical (unpaired) electrons. The summed E-state index contributed by atoms with van der Waals surface area (Å²) in [5.74, 6) is 0.637. The lowest BCUT2D eigenvalue weighted by molar-refractivity contribution is 0.00197. The van der Waals surface area contributed by atoms with Gasteiger partial charge in [-0.05, 0) is 51.7 Å². The summed E-state index contributed by atoms with van der Waals surface area (Å²) >= 11 is 0. The maximum absolute atomic E-state index is 15.6. The van der Waals surface area contributed by atoms with Crippen LogP contribution in [0.1, 0.15) is 45.2 Å². The second-order valence-corrected chi connectivity index (χ2v) is 9.98. The number of phenolic OH excluding ortho intramolecular Hbond substituents is 1. The molecule has 0 saturated carbocycles. The number of phenols is 1. The van der Waals surface area contributed by atoms with Crippen molar-refractivity contribution in [2.24, 2.45) is 0 Å². The van der Waals surface area contributed by atoms with E-state index in [4.69, 9.17) is 5.26 Å². The van der Waals surface area contributed by atoms with Gasteiger partial charge in [-0.15, -0.1) is 0 Å². The Hall–Kier alpha value is -3.51. The highest BCUT2D eigenvalue weighted by Gasteiger charge is 2.53. The zero-order valence-electron chi connectivity index (χ0n) is 19.5. The molecule has 1 aromatic carbocycles. The smallest absolute Gasteiger partial charge is 0.158 e. The minimum atomic E-state index is -1.02. The fourth-order valence-electron chi connectivity index (χ4n) is 5.57. The molecule has 2 N–H and O–H groups in total. The summed E-state index contributed by atoms with van der Waals surface area (Å²) in [6.07, 6.45) is 8.92. The van der Waals surface area contributed by atoms with Crippen LogP contribution in [0.15, 0.2) is 43.1 Å². The van der Waals surface area contributed by atoms with E-state index < -0.39 is 11.7 Å². The average molecular weight is 462 g/mol. The monoisotopic (exact) mass is 461 g/mol. The average Bonchev–Trinajstić information content (AvgIpc) is 3.30. The molecule has 34 heavy (non-hydrogen) atoms. The summed E-state index contributed by atoms with van der Waals surface area (Å²) in [5, 5.41) is 23.1. The minimum Gasteiger partial charge on any atom is -0.507 e. The molecule has 2 aromatic heterocycles. The van der Waals surface area contributed by atoms with Crippen molar-refractivity contribution < 1.29 is 9.50 Å². The first-order chi connectivity index (χ1) is 16.2. The number of benzene rings is 1. The molecule has 0 amide bonds. The maximum Gasteiger partial charge on any atom is 0.158 e. The number of hydrogen-bond donors (Lipinski definition) is 2. The summed E-state index contributed by atoms with van der Waals surface area (Å²) in [6, 6.07) is 6.83. The van der Waals surface area contributed by atoms with Gasteiger partial charge in [-0.25, -0.2) is 14.4 Å². The van der Waals surface area contributed by atoms with Crippen LogP contribution in [0.3, 0.4) is 0 Å². The Kier molecular flexibility index (Phi) is 5.29. The van der Waals surface area contributed by atoms with Crippen molar-refractivity contribution in [1.29, 1.82) is 5.26 Å². The number of piperidine rings is 2. The van der Waals surface area contributed by atoms with E-state index in [1.807, 2.05) is 31.0 Å². The number of rotatable bonds is 4. The van der Waals surface area contributed by atoms with Gasteiger partial charge in [0.15, 0.2) is 5.69 Å². The predicted octanol–water partition coefficient (Wildman–Crippen LogP) is 3.74. The van der Waals surface area contributed by atoms with E-state index in [2.05, 4.69) is 27.2 Å². The number of nitrogens with zero attached hydrogens (tertiary/aromatic N) is 6. The van der Waals surface area contributed by atoms with Crippen LogP contribution in [0, 0.1) is 11.3 Å². The first kappa shape index (κ1) is 22.3. The molecular weight excluding hydrogens is 433 g/mol. The molecule has 0 aliphatic carbocycles. The number of halogens is 1. The standard InChI is InChI=1S/C25H28FN7O/c1-24-7-4-8-25(2,31-24)23(26)20(10-24)32(3)22-13-28-19(12-29-22)18-6-5-17(9-21(18)34)33-14-16(11-27)30-15-33/h5-6,9,12-15,20,23,31,34H,4,7-8,10H2,1-3H3/t20-,23-,24-,25+/m1/s1. The molecule has 4 atom stereocenters. The van der Waals surface area contributed by atoms with Gasteiger partial charge in [-0.3, -0.25) is 4.98 Å². The number of imidazole rings is 1. The number of aromatic nitrogens is 4. The third-order valence-electron chi connectivity index (χ3n) is 7.37. The van der Waals surface area contributed by atoms with Gasteiger partial charge in [-0.2, -0.15) is 5.26 Å². The van der Waals surface area contributed by atoms with Crippen LogP contribution in [0.5, 0.6) is 5.75 Å². The lowest BCUT2D eigenvalue weighted by Gasteiger charge is -2.56. The van der Waals surface area contributed by atoms with Gasteiger partial charge in [0.2, 0.25) is 0 Å². The lowest BCUT2D eigenvalue weighted by atomic mass is 9.68. The Morgan fingerprint density at radius 2 is 2.06 bits per heavy atom. The molecule has 8 nitrogen and oxygen atoms in total. The van der Waals surface area contributed by atoms with Gasteiger partial charge in [0.25, 0.3) is 0 Å². The Bertz CT molecular complexity index is 1250.